The summed E-state index contributed by atoms with van der Waals surface area (Å²) in [4.78, 5) is 12.3. The van der Waals surface area contributed by atoms with Crippen LogP contribution in [0.3, 0.4) is 0 Å². The van der Waals surface area contributed by atoms with Gasteiger partial charge in [-0.1, -0.05) is 12.1 Å². The van der Waals surface area contributed by atoms with Gasteiger partial charge in [0.05, 0.1) is 12.9 Å². The fraction of sp³-hybridized carbons (Fsp3) is 0.211. The molecule has 1 N–H and O–H groups in total. The van der Waals surface area contributed by atoms with Gasteiger partial charge in [-0.05, 0) is 49.4 Å². The molecule has 0 aromatic heterocycles. The third kappa shape index (κ3) is 5.78. The molecule has 0 aliphatic carbocycles. The third-order valence-electron chi connectivity index (χ3n) is 3.67. The molecule has 9 heteroatoms. The molecule has 0 fully saturated rings. The lowest BCUT2D eigenvalue weighted by Crippen LogP contribution is -2.14. The Balaban J connectivity index is 2.20. The van der Waals surface area contributed by atoms with E-state index < -0.39 is 22.4 Å². The zero-order valence-electron chi connectivity index (χ0n) is 15.2. The summed E-state index contributed by atoms with van der Waals surface area (Å²) < 4.78 is 60.2. The number of rotatable bonds is 9. The number of anilines is 1. The number of carbonyl (C=O) groups is 1. The van der Waals surface area contributed by atoms with Crippen LogP contribution in [0.15, 0.2) is 48.5 Å². The second-order valence-corrected chi connectivity index (χ2v) is 7.55. The van der Waals surface area contributed by atoms with Crippen molar-refractivity contribution in [2.75, 3.05) is 17.6 Å². The van der Waals surface area contributed by atoms with E-state index >= 15 is 0 Å². The van der Waals surface area contributed by atoms with Crippen molar-refractivity contribution in [3.05, 3.63) is 59.7 Å². The fourth-order valence-corrected chi connectivity index (χ4v) is 2.90. The number of halogens is 2. The SMILES string of the molecule is CCS(=O)(=O)Nc1ccc(C(=O)/C=C/c2cccc(OC)c2OC(F)F)cc1. The van der Waals surface area contributed by atoms with E-state index in [2.05, 4.69) is 9.46 Å². The Kier molecular flexibility index (Phi) is 7.11. The molecule has 0 spiro atoms. The number of ether oxygens (including phenoxy) is 2. The van der Waals surface area contributed by atoms with Crippen molar-refractivity contribution in [2.45, 2.75) is 13.5 Å². The summed E-state index contributed by atoms with van der Waals surface area (Å²) >= 11 is 0. The molecule has 2 aromatic carbocycles. The summed E-state index contributed by atoms with van der Waals surface area (Å²) in [7, 11) is -2.09. The van der Waals surface area contributed by atoms with E-state index in [1.807, 2.05) is 0 Å². The van der Waals surface area contributed by atoms with Crippen LogP contribution in [0.2, 0.25) is 0 Å². The highest BCUT2D eigenvalue weighted by molar-refractivity contribution is 7.92. The predicted octanol–water partition coefficient (Wildman–Crippen LogP) is 3.95. The average Bonchev–Trinajstić information content (AvgIpc) is 2.66. The Hall–Kier alpha value is -2.94. The minimum absolute atomic E-state index is 0.0695. The molecular weight excluding hydrogens is 392 g/mol. The van der Waals surface area contributed by atoms with Gasteiger partial charge in [-0.3, -0.25) is 9.52 Å². The lowest BCUT2D eigenvalue weighted by Gasteiger charge is -2.12. The number of hydrogen-bond acceptors (Lipinski definition) is 5. The summed E-state index contributed by atoms with van der Waals surface area (Å²) in [5, 5.41) is 0. The second-order valence-electron chi connectivity index (χ2n) is 5.54. The van der Waals surface area contributed by atoms with Crippen LogP contribution < -0.4 is 14.2 Å². The van der Waals surface area contributed by atoms with Crippen molar-refractivity contribution >= 4 is 27.6 Å². The van der Waals surface area contributed by atoms with Gasteiger partial charge in [0.15, 0.2) is 17.3 Å². The minimum Gasteiger partial charge on any atom is -0.493 e. The molecule has 2 aromatic rings. The maximum absolute atomic E-state index is 12.6. The van der Waals surface area contributed by atoms with Crippen LogP contribution in [0.25, 0.3) is 6.08 Å². The monoisotopic (exact) mass is 411 g/mol. The van der Waals surface area contributed by atoms with Gasteiger partial charge in [-0.2, -0.15) is 8.78 Å². The first-order valence-electron chi connectivity index (χ1n) is 8.20. The van der Waals surface area contributed by atoms with E-state index in [0.717, 1.165) is 0 Å². The van der Waals surface area contributed by atoms with Crippen molar-refractivity contribution in [3.63, 3.8) is 0 Å². The van der Waals surface area contributed by atoms with E-state index in [1.165, 1.54) is 62.6 Å². The standard InChI is InChI=1S/C19H19F2NO5S/c1-3-28(24,25)22-15-10-7-13(8-11-15)16(23)12-9-14-5-4-6-17(26-2)18(14)27-19(20)21/h4-12,19,22H,3H2,1-2H3/b12-9+. The van der Waals surface area contributed by atoms with E-state index in [4.69, 9.17) is 4.74 Å². The van der Waals surface area contributed by atoms with Crippen molar-refractivity contribution in [1.29, 1.82) is 0 Å². The number of methoxy groups -OCH3 is 1. The summed E-state index contributed by atoms with van der Waals surface area (Å²) in [6.45, 7) is -1.53. The van der Waals surface area contributed by atoms with E-state index in [-0.39, 0.29) is 22.8 Å². The Morgan fingerprint density at radius 1 is 1.18 bits per heavy atom. The minimum atomic E-state index is -3.41. The Morgan fingerprint density at radius 2 is 1.86 bits per heavy atom. The molecule has 0 unspecified atom stereocenters. The molecule has 0 heterocycles. The summed E-state index contributed by atoms with van der Waals surface area (Å²) in [6.07, 6.45) is 2.55. The Morgan fingerprint density at radius 3 is 2.43 bits per heavy atom. The maximum atomic E-state index is 12.6. The first kappa shape index (κ1) is 21.4. The highest BCUT2D eigenvalue weighted by atomic mass is 32.2. The molecule has 6 nitrogen and oxygen atoms in total. The first-order valence-corrected chi connectivity index (χ1v) is 9.85. The van der Waals surface area contributed by atoms with E-state index in [0.29, 0.717) is 11.3 Å². The van der Waals surface area contributed by atoms with Gasteiger partial charge < -0.3 is 9.47 Å². The fourth-order valence-electron chi connectivity index (χ4n) is 2.26. The highest BCUT2D eigenvalue weighted by Crippen LogP contribution is 2.33. The number of alkyl halides is 2. The first-order chi connectivity index (χ1) is 13.3. The average molecular weight is 411 g/mol. The van der Waals surface area contributed by atoms with Gasteiger partial charge in [0.2, 0.25) is 10.0 Å². The molecule has 150 valence electrons. The van der Waals surface area contributed by atoms with E-state index in [1.54, 1.807) is 6.07 Å². The lowest BCUT2D eigenvalue weighted by atomic mass is 10.1. The molecule has 0 atom stereocenters. The normalized spacial score (nSPS) is 11.6. The quantitative estimate of drug-likeness (QED) is 0.499. The second kappa shape index (κ2) is 9.32. The van der Waals surface area contributed by atoms with Gasteiger partial charge >= 0.3 is 6.61 Å². The molecule has 0 amide bonds. The molecule has 0 aliphatic rings. The van der Waals surface area contributed by atoms with Gasteiger partial charge in [-0.25, -0.2) is 8.42 Å². The molecule has 0 saturated carbocycles. The van der Waals surface area contributed by atoms with Crippen LogP contribution in [0.1, 0.15) is 22.8 Å². The van der Waals surface area contributed by atoms with Gasteiger partial charge in [0.25, 0.3) is 0 Å². The number of allylic oxidation sites excluding steroid dienone is 1. The zero-order chi connectivity index (χ0) is 20.7. The smallest absolute Gasteiger partial charge is 0.387 e. The number of sulfonamides is 1. The number of benzene rings is 2. The van der Waals surface area contributed by atoms with Gasteiger partial charge in [-0.15, -0.1) is 0 Å². The molecule has 28 heavy (non-hydrogen) atoms. The van der Waals surface area contributed by atoms with Gasteiger partial charge in [0.1, 0.15) is 0 Å². The molecule has 0 saturated heterocycles. The lowest BCUT2D eigenvalue weighted by molar-refractivity contribution is -0.0513. The molecule has 0 aliphatic heterocycles. The van der Waals surface area contributed by atoms with Crippen molar-refractivity contribution in [2.24, 2.45) is 0 Å². The number of hydrogen-bond donors (Lipinski definition) is 1. The highest BCUT2D eigenvalue weighted by Gasteiger charge is 2.14. The van der Waals surface area contributed by atoms with Crippen LogP contribution >= 0.6 is 0 Å². The molecule has 0 radical (unpaired) electrons. The largest absolute Gasteiger partial charge is 0.493 e. The Labute approximate surface area is 161 Å². The van der Waals surface area contributed by atoms with Crippen molar-refractivity contribution in [3.8, 4) is 11.5 Å². The van der Waals surface area contributed by atoms with Crippen molar-refractivity contribution < 1.29 is 31.5 Å². The summed E-state index contributed by atoms with van der Waals surface area (Å²) in [6, 6.07) is 10.4. The number of nitrogens with one attached hydrogen (secondary N) is 1. The molecule has 0 bridgehead atoms. The van der Waals surface area contributed by atoms with Gasteiger partial charge in [0, 0.05) is 16.8 Å². The van der Waals surface area contributed by atoms with Crippen LogP contribution in [-0.2, 0) is 10.0 Å². The topological polar surface area (TPSA) is 81.7 Å². The number of carbonyl (C=O) groups excluding carboxylic acids is 1. The summed E-state index contributed by atoms with van der Waals surface area (Å²) in [5.41, 5.74) is 0.887. The van der Waals surface area contributed by atoms with Crippen LogP contribution in [-0.4, -0.2) is 33.7 Å². The van der Waals surface area contributed by atoms with E-state index in [9.17, 15) is 22.0 Å². The van der Waals surface area contributed by atoms with Crippen LogP contribution in [0.4, 0.5) is 14.5 Å². The van der Waals surface area contributed by atoms with Crippen molar-refractivity contribution in [1.82, 2.24) is 0 Å². The number of ketones is 1. The predicted molar refractivity (Wildman–Crippen MR) is 103 cm³/mol. The molecule has 2 rings (SSSR count). The third-order valence-corrected chi connectivity index (χ3v) is 4.98. The summed E-state index contributed by atoms with van der Waals surface area (Å²) in [5.74, 6) is -0.522. The molecular formula is C19H19F2NO5S. The van der Waals surface area contributed by atoms with Crippen LogP contribution in [0, 0.1) is 0 Å². The number of para-hydroxylation sites is 1. The zero-order valence-corrected chi connectivity index (χ0v) is 16.0. The Bertz CT molecular complexity index is 957. The van der Waals surface area contributed by atoms with Crippen LogP contribution in [0.5, 0.6) is 11.5 Å². The maximum Gasteiger partial charge on any atom is 0.387 e.